The summed E-state index contributed by atoms with van der Waals surface area (Å²) >= 11 is 6.42. The Morgan fingerprint density at radius 3 is 2.89 bits per heavy atom. The zero-order chi connectivity index (χ0) is 19.1. The average molecular weight is 395 g/mol. The zero-order valence-electron chi connectivity index (χ0n) is 15.2. The SMILES string of the molecule is O=C([C@@H]1Cc2cc(Cl)cc(-c3ccnc4ccncc34)c2O1)N1CCNCC1. The molecule has 1 N–H and O–H groups in total. The lowest BCUT2D eigenvalue weighted by Crippen LogP contribution is -2.50. The number of hydrogen-bond donors (Lipinski definition) is 1. The first-order valence-electron chi connectivity index (χ1n) is 9.38. The summed E-state index contributed by atoms with van der Waals surface area (Å²) in [5, 5.41) is 4.82. The van der Waals surface area contributed by atoms with Crippen molar-refractivity contribution in [3.63, 3.8) is 0 Å². The minimum Gasteiger partial charge on any atom is -0.479 e. The fourth-order valence-electron chi connectivity index (χ4n) is 3.98. The Balaban J connectivity index is 1.54. The second-order valence-corrected chi connectivity index (χ2v) is 7.52. The van der Waals surface area contributed by atoms with Gasteiger partial charge in [-0.25, -0.2) is 0 Å². The van der Waals surface area contributed by atoms with Gasteiger partial charge in [0.25, 0.3) is 5.91 Å². The van der Waals surface area contributed by atoms with Gasteiger partial charge in [-0.1, -0.05) is 11.6 Å². The van der Waals surface area contributed by atoms with Crippen LogP contribution >= 0.6 is 11.6 Å². The summed E-state index contributed by atoms with van der Waals surface area (Å²) in [6.45, 7) is 3.06. The van der Waals surface area contributed by atoms with E-state index in [2.05, 4.69) is 15.3 Å². The van der Waals surface area contributed by atoms with E-state index >= 15 is 0 Å². The Labute approximate surface area is 167 Å². The van der Waals surface area contributed by atoms with Gasteiger partial charge in [0.15, 0.2) is 6.10 Å². The Morgan fingerprint density at radius 1 is 1.18 bits per heavy atom. The Morgan fingerprint density at radius 2 is 2.04 bits per heavy atom. The van der Waals surface area contributed by atoms with Crippen LogP contribution in [0.2, 0.25) is 5.02 Å². The summed E-state index contributed by atoms with van der Waals surface area (Å²) in [5.41, 5.74) is 3.64. The van der Waals surface area contributed by atoms with Gasteiger partial charge in [-0.2, -0.15) is 0 Å². The number of aromatic nitrogens is 2. The van der Waals surface area contributed by atoms with Crippen LogP contribution in [0.3, 0.4) is 0 Å². The fourth-order valence-corrected chi connectivity index (χ4v) is 4.22. The van der Waals surface area contributed by atoms with Crippen molar-refractivity contribution in [1.82, 2.24) is 20.2 Å². The first-order valence-corrected chi connectivity index (χ1v) is 9.76. The summed E-state index contributed by atoms with van der Waals surface area (Å²) in [4.78, 5) is 23.5. The topological polar surface area (TPSA) is 67.3 Å². The van der Waals surface area contributed by atoms with Gasteiger partial charge in [0.1, 0.15) is 5.75 Å². The molecule has 1 aromatic carbocycles. The van der Waals surface area contributed by atoms with Gasteiger partial charge in [-0.05, 0) is 29.8 Å². The molecule has 142 valence electrons. The lowest BCUT2D eigenvalue weighted by molar-refractivity contribution is -0.138. The van der Waals surface area contributed by atoms with Gasteiger partial charge in [0, 0.05) is 72.7 Å². The summed E-state index contributed by atoms with van der Waals surface area (Å²) in [6, 6.07) is 7.60. The van der Waals surface area contributed by atoms with Crippen molar-refractivity contribution < 1.29 is 9.53 Å². The molecular formula is C21H19ClN4O2. The summed E-state index contributed by atoms with van der Waals surface area (Å²) in [7, 11) is 0. The van der Waals surface area contributed by atoms with E-state index in [9.17, 15) is 4.79 Å². The molecule has 1 fully saturated rings. The molecule has 6 nitrogen and oxygen atoms in total. The molecule has 1 amide bonds. The predicted molar refractivity (Wildman–Crippen MR) is 108 cm³/mol. The van der Waals surface area contributed by atoms with E-state index in [0.29, 0.717) is 24.5 Å². The molecule has 1 saturated heterocycles. The van der Waals surface area contributed by atoms with Crippen LogP contribution in [0, 0.1) is 0 Å². The van der Waals surface area contributed by atoms with Gasteiger partial charge in [0.05, 0.1) is 5.52 Å². The number of nitrogens with zero attached hydrogens (tertiary/aromatic N) is 3. The Hall–Kier alpha value is -2.70. The molecular weight excluding hydrogens is 376 g/mol. The molecule has 0 saturated carbocycles. The highest BCUT2D eigenvalue weighted by molar-refractivity contribution is 6.31. The molecule has 0 unspecified atom stereocenters. The van der Waals surface area contributed by atoms with Crippen molar-refractivity contribution in [3.8, 4) is 16.9 Å². The third kappa shape index (κ3) is 2.99. The molecule has 7 heteroatoms. The van der Waals surface area contributed by atoms with Crippen molar-refractivity contribution in [3.05, 3.63) is 53.4 Å². The molecule has 0 radical (unpaired) electrons. The van der Waals surface area contributed by atoms with Gasteiger partial charge in [0.2, 0.25) is 0 Å². The molecule has 1 atom stereocenters. The predicted octanol–water partition coefficient (Wildman–Crippen LogP) is 2.69. The molecule has 0 aliphatic carbocycles. The van der Waals surface area contributed by atoms with Gasteiger partial charge >= 0.3 is 0 Å². The third-order valence-electron chi connectivity index (χ3n) is 5.33. The fraction of sp³-hybridized carbons (Fsp3) is 0.286. The van der Waals surface area contributed by atoms with Crippen LogP contribution in [0.4, 0.5) is 0 Å². The maximum Gasteiger partial charge on any atom is 0.264 e. The molecule has 28 heavy (non-hydrogen) atoms. The van der Waals surface area contributed by atoms with E-state index in [1.165, 1.54) is 0 Å². The number of piperazine rings is 1. The second-order valence-electron chi connectivity index (χ2n) is 7.08. The van der Waals surface area contributed by atoms with Crippen molar-refractivity contribution in [2.75, 3.05) is 26.2 Å². The van der Waals surface area contributed by atoms with E-state index in [1.54, 1.807) is 18.6 Å². The first kappa shape index (κ1) is 17.4. The maximum atomic E-state index is 12.9. The number of nitrogens with one attached hydrogen (secondary N) is 1. The van der Waals surface area contributed by atoms with E-state index in [0.717, 1.165) is 46.4 Å². The summed E-state index contributed by atoms with van der Waals surface area (Å²) in [5.74, 6) is 0.773. The molecule has 5 rings (SSSR count). The molecule has 0 spiro atoms. The normalized spacial score (nSPS) is 18.8. The first-order chi connectivity index (χ1) is 13.7. The zero-order valence-corrected chi connectivity index (χ0v) is 15.9. The van der Waals surface area contributed by atoms with Crippen molar-refractivity contribution in [1.29, 1.82) is 0 Å². The van der Waals surface area contributed by atoms with E-state index in [1.807, 2.05) is 29.2 Å². The second kappa shape index (κ2) is 7.04. The minimum atomic E-state index is -0.503. The quantitative estimate of drug-likeness (QED) is 0.723. The van der Waals surface area contributed by atoms with Crippen LogP contribution in [0.5, 0.6) is 5.75 Å². The number of ether oxygens (including phenoxy) is 1. The molecule has 2 aromatic heterocycles. The van der Waals surface area contributed by atoms with E-state index in [4.69, 9.17) is 16.3 Å². The van der Waals surface area contributed by atoms with E-state index < -0.39 is 6.10 Å². The van der Waals surface area contributed by atoms with Crippen molar-refractivity contribution in [2.45, 2.75) is 12.5 Å². The van der Waals surface area contributed by atoms with Gasteiger partial charge in [-0.15, -0.1) is 0 Å². The largest absolute Gasteiger partial charge is 0.479 e. The smallest absolute Gasteiger partial charge is 0.264 e. The number of hydrogen-bond acceptors (Lipinski definition) is 5. The van der Waals surface area contributed by atoms with Crippen LogP contribution in [0.25, 0.3) is 22.0 Å². The van der Waals surface area contributed by atoms with Crippen LogP contribution < -0.4 is 10.1 Å². The number of benzene rings is 1. The highest BCUT2D eigenvalue weighted by Gasteiger charge is 2.35. The van der Waals surface area contributed by atoms with Crippen LogP contribution in [-0.4, -0.2) is 53.1 Å². The van der Waals surface area contributed by atoms with Crippen LogP contribution in [0.15, 0.2) is 42.9 Å². The molecule has 4 heterocycles. The molecule has 0 bridgehead atoms. The number of amides is 1. The highest BCUT2D eigenvalue weighted by atomic mass is 35.5. The maximum absolute atomic E-state index is 12.9. The number of pyridine rings is 2. The number of carbonyl (C=O) groups excluding carboxylic acids is 1. The Bertz CT molecular complexity index is 1060. The summed E-state index contributed by atoms with van der Waals surface area (Å²) < 4.78 is 6.20. The monoisotopic (exact) mass is 394 g/mol. The number of rotatable bonds is 2. The third-order valence-corrected chi connectivity index (χ3v) is 5.55. The Kier molecular flexibility index (Phi) is 4.37. The minimum absolute atomic E-state index is 0.0426. The number of halogens is 1. The van der Waals surface area contributed by atoms with Gasteiger partial charge in [-0.3, -0.25) is 14.8 Å². The average Bonchev–Trinajstić information content (AvgIpc) is 3.17. The van der Waals surface area contributed by atoms with Crippen molar-refractivity contribution in [2.24, 2.45) is 0 Å². The highest BCUT2D eigenvalue weighted by Crippen LogP contribution is 2.43. The molecule has 2 aliphatic rings. The van der Waals surface area contributed by atoms with E-state index in [-0.39, 0.29) is 5.91 Å². The van der Waals surface area contributed by atoms with Crippen molar-refractivity contribution >= 4 is 28.4 Å². The molecule has 3 aromatic rings. The van der Waals surface area contributed by atoms with Crippen LogP contribution in [-0.2, 0) is 11.2 Å². The standard InChI is InChI=1S/C21H19ClN4O2/c22-14-9-13-10-19(21(27)26-7-5-23-6-8-26)28-20(13)16(11-14)15-1-4-25-18-2-3-24-12-17(15)18/h1-4,9,11-12,19,23H,5-8,10H2/t19-/m0/s1. The summed E-state index contributed by atoms with van der Waals surface area (Å²) in [6.07, 6.45) is 5.32. The van der Waals surface area contributed by atoms with Crippen LogP contribution in [0.1, 0.15) is 5.56 Å². The van der Waals surface area contributed by atoms with Gasteiger partial charge < -0.3 is 15.0 Å². The number of carbonyl (C=O) groups is 1. The number of fused-ring (bicyclic) bond motifs is 2. The lowest BCUT2D eigenvalue weighted by Gasteiger charge is -2.29. The molecule has 2 aliphatic heterocycles. The lowest BCUT2D eigenvalue weighted by atomic mass is 9.98.